The molecule has 17 heteroatoms. The standard InChI is InChI=1S/C14H19N6O10P/c15-5(1-7(21)22)14(25)30-31(26,27)28-2-6-9(23)10(24)13(29-6)20-4-19-8-11(16)17-3-18-12(8)20/h3-6,9-10,13,23-24H,1-2,15H2,(H,21,22)(H,26,27)(H2,16,17,18)/t5-,6+,9+,10+,13+/m0/s1. The fourth-order valence-corrected chi connectivity index (χ4v) is 3.55. The molecular formula is C14H19N6O10P. The molecule has 170 valence electrons. The van der Waals surface area contributed by atoms with Crippen molar-refractivity contribution in [1.29, 1.82) is 0 Å². The Hall–Kier alpha value is -2.72. The lowest BCUT2D eigenvalue weighted by molar-refractivity contribution is -0.144. The number of fused-ring (bicyclic) bond motifs is 1. The number of aliphatic hydroxyl groups excluding tert-OH is 2. The normalized spacial score (nSPS) is 26.5. The van der Waals surface area contributed by atoms with Crippen molar-refractivity contribution in [3.63, 3.8) is 0 Å². The lowest BCUT2D eigenvalue weighted by atomic mass is 10.1. The molecule has 16 nitrogen and oxygen atoms in total. The van der Waals surface area contributed by atoms with E-state index < -0.39 is 63.4 Å². The van der Waals surface area contributed by atoms with Crippen LogP contribution < -0.4 is 11.5 Å². The summed E-state index contributed by atoms with van der Waals surface area (Å²) in [6.07, 6.45) is -4.00. The Morgan fingerprint density at radius 2 is 2.00 bits per heavy atom. The molecule has 3 heterocycles. The number of nitrogen functional groups attached to an aromatic ring is 1. The summed E-state index contributed by atoms with van der Waals surface area (Å²) in [5.41, 5.74) is 11.4. The van der Waals surface area contributed by atoms with Crippen molar-refractivity contribution in [3.05, 3.63) is 12.7 Å². The van der Waals surface area contributed by atoms with Crippen molar-refractivity contribution in [2.24, 2.45) is 5.73 Å². The van der Waals surface area contributed by atoms with Gasteiger partial charge in [-0.3, -0.25) is 18.8 Å². The van der Waals surface area contributed by atoms with Gasteiger partial charge in [-0.05, 0) is 0 Å². The van der Waals surface area contributed by atoms with Crippen LogP contribution in [0.1, 0.15) is 12.6 Å². The molecule has 1 aliphatic rings. The van der Waals surface area contributed by atoms with Gasteiger partial charge >= 0.3 is 19.8 Å². The van der Waals surface area contributed by atoms with E-state index in [0.29, 0.717) is 0 Å². The summed E-state index contributed by atoms with van der Waals surface area (Å²) in [5, 5.41) is 29.1. The van der Waals surface area contributed by atoms with Crippen LogP contribution in [-0.2, 0) is 27.9 Å². The molecule has 0 aliphatic carbocycles. The number of nitrogens with two attached hydrogens (primary N) is 2. The number of phosphoric ester groups is 1. The van der Waals surface area contributed by atoms with E-state index in [-0.39, 0.29) is 17.0 Å². The number of carbonyl (C=O) groups is 2. The van der Waals surface area contributed by atoms with Gasteiger partial charge in [0.15, 0.2) is 17.7 Å². The first-order chi connectivity index (χ1) is 14.5. The van der Waals surface area contributed by atoms with Crippen LogP contribution in [0.15, 0.2) is 12.7 Å². The van der Waals surface area contributed by atoms with Crippen LogP contribution in [0, 0.1) is 0 Å². The van der Waals surface area contributed by atoms with Gasteiger partial charge in [0.1, 0.15) is 36.2 Å². The zero-order valence-corrected chi connectivity index (χ0v) is 16.5. The van der Waals surface area contributed by atoms with Gasteiger partial charge in [-0.15, -0.1) is 0 Å². The number of aliphatic hydroxyl groups is 2. The Balaban J connectivity index is 1.65. The highest BCUT2D eigenvalue weighted by Gasteiger charge is 2.45. The topological polar surface area (TPSA) is 255 Å². The number of carbonyl (C=O) groups excluding carboxylic acids is 1. The fraction of sp³-hybridized carbons (Fsp3) is 0.500. The third kappa shape index (κ3) is 4.96. The van der Waals surface area contributed by atoms with Crippen LogP contribution in [0.3, 0.4) is 0 Å². The minimum Gasteiger partial charge on any atom is -0.481 e. The molecule has 0 aromatic carbocycles. The summed E-state index contributed by atoms with van der Waals surface area (Å²) in [6, 6.07) is -1.69. The Morgan fingerprint density at radius 1 is 1.29 bits per heavy atom. The van der Waals surface area contributed by atoms with Crippen molar-refractivity contribution in [2.75, 3.05) is 12.3 Å². The maximum absolute atomic E-state index is 11.9. The molecule has 2 aromatic heterocycles. The highest BCUT2D eigenvalue weighted by molar-refractivity contribution is 7.48. The Kier molecular flexibility index (Phi) is 6.51. The molecular weight excluding hydrogens is 443 g/mol. The molecule has 31 heavy (non-hydrogen) atoms. The van der Waals surface area contributed by atoms with Gasteiger partial charge in [0.2, 0.25) is 0 Å². The Morgan fingerprint density at radius 3 is 2.68 bits per heavy atom. The molecule has 0 bridgehead atoms. The average Bonchev–Trinajstić information content (AvgIpc) is 3.22. The number of aromatic nitrogens is 4. The van der Waals surface area contributed by atoms with E-state index in [2.05, 4.69) is 24.0 Å². The van der Waals surface area contributed by atoms with Gasteiger partial charge in [-0.25, -0.2) is 24.3 Å². The molecule has 6 atom stereocenters. The van der Waals surface area contributed by atoms with Crippen molar-refractivity contribution in [1.82, 2.24) is 19.5 Å². The van der Waals surface area contributed by atoms with Crippen LogP contribution in [0.5, 0.6) is 0 Å². The number of hydrogen-bond acceptors (Lipinski definition) is 13. The van der Waals surface area contributed by atoms with E-state index in [4.69, 9.17) is 21.3 Å². The summed E-state index contributed by atoms with van der Waals surface area (Å²) in [7, 11) is -5.02. The predicted octanol–water partition coefficient (Wildman–Crippen LogP) is -2.51. The summed E-state index contributed by atoms with van der Waals surface area (Å²) in [6.45, 7) is -0.770. The van der Waals surface area contributed by atoms with Crippen LogP contribution in [0.4, 0.5) is 5.82 Å². The largest absolute Gasteiger partial charge is 0.529 e. The average molecular weight is 462 g/mol. The van der Waals surface area contributed by atoms with Gasteiger partial charge < -0.3 is 36.0 Å². The van der Waals surface area contributed by atoms with E-state index in [0.717, 1.165) is 0 Å². The first-order valence-corrected chi connectivity index (χ1v) is 10.1. The number of rotatable bonds is 8. The first kappa shape index (κ1) is 23.0. The van der Waals surface area contributed by atoms with Gasteiger partial charge in [-0.1, -0.05) is 0 Å². The van der Waals surface area contributed by atoms with E-state index in [9.17, 15) is 29.3 Å². The van der Waals surface area contributed by atoms with Crippen molar-refractivity contribution in [2.45, 2.75) is 37.0 Å². The van der Waals surface area contributed by atoms with Crippen LogP contribution >= 0.6 is 7.82 Å². The third-order valence-corrected chi connectivity index (χ3v) is 5.19. The fourth-order valence-electron chi connectivity index (χ4n) is 2.80. The highest BCUT2D eigenvalue weighted by Crippen LogP contribution is 2.45. The number of anilines is 1. The van der Waals surface area contributed by atoms with Crippen LogP contribution in [0.2, 0.25) is 0 Å². The van der Waals surface area contributed by atoms with Gasteiger partial charge in [-0.2, -0.15) is 0 Å². The predicted molar refractivity (Wildman–Crippen MR) is 97.8 cm³/mol. The number of aliphatic carboxylic acids is 1. The molecule has 0 spiro atoms. The molecule has 3 rings (SSSR count). The number of imidazole rings is 1. The second-order valence-electron chi connectivity index (χ2n) is 6.51. The minimum absolute atomic E-state index is 0.0841. The van der Waals surface area contributed by atoms with Crippen molar-refractivity contribution >= 4 is 36.7 Å². The van der Waals surface area contributed by atoms with Gasteiger partial charge in [0.25, 0.3) is 0 Å². The van der Waals surface area contributed by atoms with Crippen molar-refractivity contribution < 1.29 is 48.2 Å². The number of hydrogen-bond donors (Lipinski definition) is 6. The molecule has 8 N–H and O–H groups in total. The number of ether oxygens (including phenoxy) is 1. The monoisotopic (exact) mass is 462 g/mol. The Bertz CT molecular complexity index is 1030. The molecule has 0 radical (unpaired) electrons. The van der Waals surface area contributed by atoms with Gasteiger partial charge in [0.05, 0.1) is 19.4 Å². The van der Waals surface area contributed by atoms with E-state index in [1.54, 1.807) is 0 Å². The van der Waals surface area contributed by atoms with E-state index >= 15 is 0 Å². The third-order valence-electron chi connectivity index (χ3n) is 4.30. The van der Waals surface area contributed by atoms with Gasteiger partial charge in [0, 0.05) is 0 Å². The lowest BCUT2D eigenvalue weighted by Gasteiger charge is -2.18. The lowest BCUT2D eigenvalue weighted by Crippen LogP contribution is -2.35. The van der Waals surface area contributed by atoms with E-state index in [1.807, 2.05) is 0 Å². The van der Waals surface area contributed by atoms with Crippen molar-refractivity contribution in [3.8, 4) is 0 Å². The molecule has 1 unspecified atom stereocenters. The second-order valence-corrected chi connectivity index (χ2v) is 7.89. The maximum Gasteiger partial charge on any atom is 0.529 e. The maximum atomic E-state index is 11.9. The quantitative estimate of drug-likeness (QED) is 0.221. The zero-order valence-electron chi connectivity index (χ0n) is 15.6. The number of phosphoric acid groups is 1. The SMILES string of the molecule is Nc1ncnc2c1ncn2[C@@H]1O[C@H](COP(=O)(O)OC(=O)[C@@H](N)CC(=O)O)[C@@H](O)[C@H]1O. The number of carboxylic acid groups (broad SMARTS) is 1. The molecule has 2 aromatic rings. The number of carboxylic acids is 1. The zero-order chi connectivity index (χ0) is 22.9. The minimum atomic E-state index is -5.02. The molecule has 1 aliphatic heterocycles. The molecule has 0 amide bonds. The Labute approximate surface area is 173 Å². The summed E-state index contributed by atoms with van der Waals surface area (Å²) in [5.74, 6) is -2.80. The smallest absolute Gasteiger partial charge is 0.481 e. The number of nitrogens with zero attached hydrogens (tertiary/aromatic N) is 4. The highest BCUT2D eigenvalue weighted by atomic mass is 31.2. The van der Waals surface area contributed by atoms with E-state index in [1.165, 1.54) is 17.2 Å². The summed E-state index contributed by atoms with van der Waals surface area (Å²) < 4.78 is 27.5. The summed E-state index contributed by atoms with van der Waals surface area (Å²) in [4.78, 5) is 43.6. The first-order valence-electron chi connectivity index (χ1n) is 8.63. The summed E-state index contributed by atoms with van der Waals surface area (Å²) >= 11 is 0. The van der Waals surface area contributed by atoms with Crippen LogP contribution in [-0.4, -0.2) is 82.6 Å². The van der Waals surface area contributed by atoms with Crippen LogP contribution in [0.25, 0.3) is 11.2 Å². The molecule has 1 fully saturated rings. The molecule has 0 saturated carbocycles. The second kappa shape index (κ2) is 8.80. The molecule has 1 saturated heterocycles.